The number of likely N-dealkylation sites (N-methyl/N-ethyl adjacent to an activating group) is 1. The Morgan fingerprint density at radius 3 is 2.51 bits per heavy atom. The number of Topliss-reactive ketones (excluding diaryl/α,β-unsaturated/α-hetero) is 1. The molecule has 39 heavy (non-hydrogen) atoms. The first-order chi connectivity index (χ1) is 18.8. The van der Waals surface area contributed by atoms with Gasteiger partial charge in [-0.05, 0) is 47.4 Å². The summed E-state index contributed by atoms with van der Waals surface area (Å²) in [5.41, 5.74) is 3.38. The first-order valence-electron chi connectivity index (χ1n) is 13.5. The van der Waals surface area contributed by atoms with Crippen molar-refractivity contribution >= 4 is 29.0 Å². The Morgan fingerprint density at radius 1 is 1.05 bits per heavy atom. The summed E-state index contributed by atoms with van der Waals surface area (Å²) in [6, 6.07) is 27.1. The molecule has 1 amide bonds. The second kappa shape index (κ2) is 9.82. The molecular weight excluding hydrogens is 508 g/mol. The maximum Gasteiger partial charge on any atom is 0.294 e. The molecule has 3 aromatic carbocycles. The van der Waals surface area contributed by atoms with Crippen LogP contribution >= 0.6 is 11.6 Å². The zero-order valence-electron chi connectivity index (χ0n) is 22.4. The lowest BCUT2D eigenvalue weighted by molar-refractivity contribution is -0.918. The van der Waals surface area contributed by atoms with E-state index in [1.807, 2.05) is 96.9 Å². The van der Waals surface area contributed by atoms with Crippen LogP contribution in [0, 0.1) is 5.92 Å². The molecule has 0 radical (unpaired) electrons. The SMILES string of the molecule is CC(C)c1ccc(C(=O)C2C(c3ccco3)C[NH+](C)C23C(=O)N(Cc2cccc(Cl)c2)c2ccccc23)cc1. The van der Waals surface area contributed by atoms with E-state index in [-0.39, 0.29) is 17.6 Å². The fourth-order valence-electron chi connectivity index (χ4n) is 6.70. The normalized spacial score (nSPS) is 24.1. The number of quaternary nitrogens is 1. The van der Waals surface area contributed by atoms with Gasteiger partial charge in [-0.15, -0.1) is 0 Å². The van der Waals surface area contributed by atoms with Crippen LogP contribution in [0.2, 0.25) is 5.02 Å². The van der Waals surface area contributed by atoms with E-state index in [0.29, 0.717) is 29.6 Å². The van der Waals surface area contributed by atoms with Gasteiger partial charge in [0.2, 0.25) is 5.54 Å². The quantitative estimate of drug-likeness (QED) is 0.324. The zero-order valence-corrected chi connectivity index (χ0v) is 23.1. The third kappa shape index (κ3) is 4.03. The van der Waals surface area contributed by atoms with Crippen LogP contribution in [0.3, 0.4) is 0 Å². The molecule has 4 atom stereocenters. The highest BCUT2D eigenvalue weighted by Gasteiger charge is 2.70. The number of nitrogens with one attached hydrogen (secondary N) is 1. The van der Waals surface area contributed by atoms with Gasteiger partial charge in [-0.3, -0.25) is 9.59 Å². The van der Waals surface area contributed by atoms with Crippen molar-refractivity contribution in [3.8, 4) is 0 Å². The van der Waals surface area contributed by atoms with Crippen LogP contribution in [0.5, 0.6) is 0 Å². The van der Waals surface area contributed by atoms with Gasteiger partial charge in [-0.1, -0.05) is 80.0 Å². The second-order valence-corrected chi connectivity index (χ2v) is 11.5. The summed E-state index contributed by atoms with van der Waals surface area (Å²) in [5.74, 6) is 0.124. The van der Waals surface area contributed by atoms with Gasteiger partial charge < -0.3 is 14.2 Å². The van der Waals surface area contributed by atoms with Crippen molar-refractivity contribution < 1.29 is 18.9 Å². The van der Waals surface area contributed by atoms with Gasteiger partial charge in [0.1, 0.15) is 11.7 Å². The van der Waals surface area contributed by atoms with Gasteiger partial charge in [-0.25, -0.2) is 0 Å². The number of rotatable bonds is 6. The number of carbonyl (C=O) groups is 2. The van der Waals surface area contributed by atoms with E-state index in [0.717, 1.165) is 27.5 Å². The highest BCUT2D eigenvalue weighted by molar-refractivity contribution is 6.30. The Morgan fingerprint density at radius 2 is 1.82 bits per heavy atom. The predicted octanol–water partition coefficient (Wildman–Crippen LogP) is 5.61. The summed E-state index contributed by atoms with van der Waals surface area (Å²) in [6.45, 7) is 5.24. The van der Waals surface area contributed by atoms with Crippen molar-refractivity contribution in [2.24, 2.45) is 5.92 Å². The number of ketones is 1. The van der Waals surface area contributed by atoms with Crippen molar-refractivity contribution in [3.63, 3.8) is 0 Å². The average Bonchev–Trinajstić information content (AvgIpc) is 3.63. The molecule has 6 rings (SSSR count). The molecule has 1 N–H and O–H groups in total. The van der Waals surface area contributed by atoms with Crippen molar-refractivity contribution in [3.05, 3.63) is 124 Å². The highest BCUT2D eigenvalue weighted by Crippen LogP contribution is 2.51. The number of nitrogens with zero attached hydrogens (tertiary/aromatic N) is 1. The molecule has 2 aliphatic rings. The standard InChI is InChI=1S/C33H31ClN2O3/c1-21(2)23-13-15-24(16-14-23)31(37)30-26(29-12-7-17-39-29)20-35(3)33(30)27-10-4-5-11-28(27)36(32(33)38)19-22-8-6-9-25(34)18-22/h4-18,21,26,30H,19-20H2,1-3H3/p+1. The topological polar surface area (TPSA) is 55.0 Å². The van der Waals surface area contributed by atoms with Crippen molar-refractivity contribution in [2.75, 3.05) is 18.5 Å². The predicted molar refractivity (Wildman–Crippen MR) is 152 cm³/mol. The Kier molecular flexibility index (Phi) is 6.44. The summed E-state index contributed by atoms with van der Waals surface area (Å²) in [7, 11) is 2.03. The number of hydrogen-bond acceptors (Lipinski definition) is 3. The number of fused-ring (bicyclic) bond motifs is 2. The fourth-order valence-corrected chi connectivity index (χ4v) is 6.91. The lowest BCUT2D eigenvalue weighted by atomic mass is 9.71. The van der Waals surface area contributed by atoms with Crippen LogP contribution in [-0.4, -0.2) is 25.3 Å². The monoisotopic (exact) mass is 539 g/mol. The Hall–Kier alpha value is -3.67. The van der Waals surface area contributed by atoms with E-state index in [4.69, 9.17) is 16.0 Å². The summed E-state index contributed by atoms with van der Waals surface area (Å²) in [5, 5.41) is 0.626. The maximum atomic E-state index is 14.8. The molecule has 0 saturated carbocycles. The van der Waals surface area contributed by atoms with Gasteiger partial charge in [0, 0.05) is 16.1 Å². The third-order valence-corrected chi connectivity index (χ3v) is 8.79. The van der Waals surface area contributed by atoms with E-state index < -0.39 is 11.5 Å². The van der Waals surface area contributed by atoms with Crippen LogP contribution in [0.15, 0.2) is 95.6 Å². The molecule has 3 heterocycles. The molecule has 1 saturated heterocycles. The number of benzene rings is 3. The largest absolute Gasteiger partial charge is 0.469 e. The summed E-state index contributed by atoms with van der Waals surface area (Å²) < 4.78 is 5.89. The van der Waals surface area contributed by atoms with E-state index in [2.05, 4.69) is 13.8 Å². The summed E-state index contributed by atoms with van der Waals surface area (Å²) in [4.78, 5) is 32.2. The Labute approximate surface area is 234 Å². The van der Waals surface area contributed by atoms with E-state index in [9.17, 15) is 9.59 Å². The number of amides is 1. The molecule has 5 nitrogen and oxygen atoms in total. The first-order valence-corrected chi connectivity index (χ1v) is 13.9. The molecule has 4 unspecified atom stereocenters. The molecule has 1 spiro atoms. The van der Waals surface area contributed by atoms with Gasteiger partial charge in [0.15, 0.2) is 5.78 Å². The van der Waals surface area contributed by atoms with Gasteiger partial charge in [0.25, 0.3) is 5.91 Å². The number of carbonyl (C=O) groups excluding carboxylic acids is 2. The molecule has 4 aromatic rings. The summed E-state index contributed by atoms with van der Waals surface area (Å²) in [6.07, 6.45) is 1.64. The molecule has 0 bridgehead atoms. The van der Waals surface area contributed by atoms with E-state index in [1.165, 1.54) is 5.56 Å². The maximum absolute atomic E-state index is 14.8. The number of para-hydroxylation sites is 1. The van der Waals surface area contributed by atoms with Crippen molar-refractivity contribution in [2.45, 2.75) is 37.8 Å². The van der Waals surface area contributed by atoms with Crippen molar-refractivity contribution in [1.82, 2.24) is 0 Å². The molecular formula is C33H32ClN2O3+. The van der Waals surface area contributed by atoms with Gasteiger partial charge in [-0.2, -0.15) is 0 Å². The second-order valence-electron chi connectivity index (χ2n) is 11.1. The number of likely N-dealkylation sites (tertiary alicyclic amines) is 1. The highest BCUT2D eigenvalue weighted by atomic mass is 35.5. The number of anilines is 1. The van der Waals surface area contributed by atoms with Crippen LogP contribution in [0.1, 0.15) is 58.5 Å². The van der Waals surface area contributed by atoms with Crippen LogP contribution < -0.4 is 9.80 Å². The zero-order chi connectivity index (χ0) is 27.3. The fraction of sp³-hybridized carbons (Fsp3) is 0.273. The Balaban J connectivity index is 1.51. The lowest BCUT2D eigenvalue weighted by Crippen LogP contribution is -3.16. The van der Waals surface area contributed by atoms with Gasteiger partial charge >= 0.3 is 0 Å². The number of furan rings is 1. The van der Waals surface area contributed by atoms with E-state index in [1.54, 1.807) is 6.26 Å². The number of halogens is 1. The van der Waals surface area contributed by atoms with Crippen molar-refractivity contribution in [1.29, 1.82) is 0 Å². The third-order valence-electron chi connectivity index (χ3n) is 8.55. The van der Waals surface area contributed by atoms with Crippen LogP contribution in [0.4, 0.5) is 5.69 Å². The minimum atomic E-state index is -1.08. The Bertz CT molecular complexity index is 1530. The smallest absolute Gasteiger partial charge is 0.294 e. The molecule has 198 valence electrons. The first kappa shape index (κ1) is 25.6. The molecule has 1 aromatic heterocycles. The minimum absolute atomic E-state index is 0.0312. The van der Waals surface area contributed by atoms with E-state index >= 15 is 0 Å². The van der Waals surface area contributed by atoms with Crippen LogP contribution in [0.25, 0.3) is 0 Å². The molecule has 1 fully saturated rings. The lowest BCUT2D eigenvalue weighted by Gasteiger charge is -2.32. The molecule has 0 aliphatic carbocycles. The molecule has 6 heteroatoms. The summed E-state index contributed by atoms with van der Waals surface area (Å²) >= 11 is 6.29. The molecule has 2 aliphatic heterocycles. The average molecular weight is 540 g/mol. The van der Waals surface area contributed by atoms with Crippen LogP contribution in [-0.2, 0) is 16.9 Å². The number of hydrogen-bond donors (Lipinski definition) is 1. The van der Waals surface area contributed by atoms with Gasteiger partial charge in [0.05, 0.1) is 38.0 Å². The minimum Gasteiger partial charge on any atom is -0.469 e.